The van der Waals surface area contributed by atoms with Crippen LogP contribution in [0.5, 0.6) is 0 Å². The normalized spacial score (nSPS) is 10.7. The van der Waals surface area contributed by atoms with E-state index in [2.05, 4.69) is 25.1 Å². The number of thiophene rings is 1. The van der Waals surface area contributed by atoms with Crippen LogP contribution in [0, 0.1) is 13.8 Å². The fourth-order valence-corrected chi connectivity index (χ4v) is 3.57. The second-order valence-electron chi connectivity index (χ2n) is 6.10. The summed E-state index contributed by atoms with van der Waals surface area (Å²) in [6, 6.07) is 1.58. The lowest BCUT2D eigenvalue weighted by Gasteiger charge is -2.10. The van der Waals surface area contributed by atoms with Crippen molar-refractivity contribution in [3.05, 3.63) is 39.6 Å². The highest BCUT2D eigenvalue weighted by molar-refractivity contribution is 7.12. The van der Waals surface area contributed by atoms with Crippen LogP contribution in [0.2, 0.25) is 0 Å². The zero-order valence-corrected chi connectivity index (χ0v) is 16.9. The van der Waals surface area contributed by atoms with Crippen LogP contribution in [0.1, 0.15) is 33.0 Å². The number of hydrogen-bond donors (Lipinski definition) is 1. The standard InChI is InChI=1S/C18H19N5O5S/c1-10-12(11(2)23-18(21-10)19-9-20-23)4-5-15(25)28-8-14(24)22-13-6-7-29-16(13)17(26)27-3/h6-7,9H,4-5,8H2,1-3H3,(H,22,24). The molecule has 0 saturated carbocycles. The second-order valence-corrected chi connectivity index (χ2v) is 7.01. The van der Waals surface area contributed by atoms with Gasteiger partial charge in [-0.15, -0.1) is 11.3 Å². The summed E-state index contributed by atoms with van der Waals surface area (Å²) in [6.45, 7) is 3.27. The molecule has 0 unspecified atom stereocenters. The van der Waals surface area contributed by atoms with E-state index < -0.39 is 24.5 Å². The summed E-state index contributed by atoms with van der Waals surface area (Å²) in [4.78, 5) is 44.4. The van der Waals surface area contributed by atoms with Gasteiger partial charge in [-0.05, 0) is 37.3 Å². The molecule has 1 amide bonds. The van der Waals surface area contributed by atoms with Crippen molar-refractivity contribution in [3.8, 4) is 0 Å². The first kappa shape index (κ1) is 20.4. The molecule has 0 bridgehead atoms. The fourth-order valence-electron chi connectivity index (χ4n) is 2.81. The molecule has 0 atom stereocenters. The number of methoxy groups -OCH3 is 1. The average Bonchev–Trinajstić information content (AvgIpc) is 3.35. The highest BCUT2D eigenvalue weighted by atomic mass is 32.1. The largest absolute Gasteiger partial charge is 0.465 e. The first-order valence-corrected chi connectivity index (χ1v) is 9.55. The number of ether oxygens (including phenoxy) is 2. The van der Waals surface area contributed by atoms with Crippen molar-refractivity contribution in [1.82, 2.24) is 19.6 Å². The highest BCUT2D eigenvalue weighted by Gasteiger charge is 2.17. The Morgan fingerprint density at radius 3 is 2.83 bits per heavy atom. The third-order valence-corrected chi connectivity index (χ3v) is 5.14. The first-order chi connectivity index (χ1) is 13.9. The molecular formula is C18H19N5O5S. The molecule has 3 heterocycles. The molecule has 1 N–H and O–H groups in total. The van der Waals surface area contributed by atoms with Crippen LogP contribution < -0.4 is 5.32 Å². The number of hydrogen-bond acceptors (Lipinski definition) is 9. The number of amides is 1. The number of esters is 2. The molecule has 0 saturated heterocycles. The van der Waals surface area contributed by atoms with E-state index in [0.29, 0.717) is 17.9 Å². The lowest BCUT2D eigenvalue weighted by atomic mass is 10.1. The number of rotatable bonds is 7. The van der Waals surface area contributed by atoms with Crippen molar-refractivity contribution in [3.63, 3.8) is 0 Å². The lowest BCUT2D eigenvalue weighted by Crippen LogP contribution is -2.22. The summed E-state index contributed by atoms with van der Waals surface area (Å²) in [6.07, 6.45) is 1.91. The summed E-state index contributed by atoms with van der Waals surface area (Å²) < 4.78 is 11.3. The van der Waals surface area contributed by atoms with Gasteiger partial charge >= 0.3 is 11.9 Å². The molecular weight excluding hydrogens is 398 g/mol. The Bertz CT molecular complexity index is 1070. The van der Waals surface area contributed by atoms with Crippen LogP contribution in [0.15, 0.2) is 17.8 Å². The molecule has 0 aromatic carbocycles. The van der Waals surface area contributed by atoms with E-state index in [1.165, 1.54) is 13.4 Å². The minimum atomic E-state index is -0.545. The summed E-state index contributed by atoms with van der Waals surface area (Å²) >= 11 is 1.14. The van der Waals surface area contributed by atoms with Gasteiger partial charge in [0.05, 0.1) is 12.8 Å². The Hall–Kier alpha value is -3.34. The molecule has 3 rings (SSSR count). The Kier molecular flexibility index (Phi) is 6.17. The van der Waals surface area contributed by atoms with Crippen LogP contribution in [0.25, 0.3) is 5.78 Å². The maximum Gasteiger partial charge on any atom is 0.350 e. The van der Waals surface area contributed by atoms with E-state index in [9.17, 15) is 14.4 Å². The maximum absolute atomic E-state index is 12.1. The second kappa shape index (κ2) is 8.78. The minimum absolute atomic E-state index is 0.0860. The van der Waals surface area contributed by atoms with Crippen molar-refractivity contribution in [2.45, 2.75) is 26.7 Å². The van der Waals surface area contributed by atoms with Gasteiger partial charge in [-0.3, -0.25) is 9.59 Å². The summed E-state index contributed by atoms with van der Waals surface area (Å²) in [5, 5.41) is 8.30. The molecule has 29 heavy (non-hydrogen) atoms. The lowest BCUT2D eigenvalue weighted by molar-refractivity contribution is -0.147. The molecule has 0 radical (unpaired) electrons. The summed E-state index contributed by atoms with van der Waals surface area (Å²) in [7, 11) is 1.26. The van der Waals surface area contributed by atoms with Gasteiger partial charge in [0.1, 0.15) is 11.2 Å². The highest BCUT2D eigenvalue weighted by Crippen LogP contribution is 2.23. The topological polar surface area (TPSA) is 125 Å². The molecule has 3 aromatic rings. The number of anilines is 1. The van der Waals surface area contributed by atoms with E-state index >= 15 is 0 Å². The molecule has 0 aliphatic heterocycles. The van der Waals surface area contributed by atoms with Gasteiger partial charge in [0.15, 0.2) is 6.61 Å². The molecule has 3 aromatic heterocycles. The predicted molar refractivity (Wildman–Crippen MR) is 104 cm³/mol. The average molecular weight is 417 g/mol. The Labute approximate surface area is 169 Å². The Balaban J connectivity index is 1.52. The number of aromatic nitrogens is 4. The van der Waals surface area contributed by atoms with Crippen molar-refractivity contribution in [2.75, 3.05) is 19.0 Å². The van der Waals surface area contributed by atoms with Crippen molar-refractivity contribution in [2.24, 2.45) is 0 Å². The molecule has 152 valence electrons. The number of nitrogens with one attached hydrogen (secondary N) is 1. The number of carbonyl (C=O) groups excluding carboxylic acids is 3. The summed E-state index contributed by atoms with van der Waals surface area (Å²) in [5.74, 6) is -1.10. The third kappa shape index (κ3) is 4.57. The van der Waals surface area contributed by atoms with Gasteiger partial charge in [-0.1, -0.05) is 0 Å². The Morgan fingerprint density at radius 1 is 1.28 bits per heavy atom. The number of fused-ring (bicyclic) bond motifs is 1. The van der Waals surface area contributed by atoms with Gasteiger partial charge in [0, 0.05) is 17.8 Å². The number of carbonyl (C=O) groups is 3. The van der Waals surface area contributed by atoms with Gasteiger partial charge in [0.25, 0.3) is 11.7 Å². The van der Waals surface area contributed by atoms with Crippen LogP contribution in [-0.4, -0.2) is 51.1 Å². The third-order valence-electron chi connectivity index (χ3n) is 4.24. The van der Waals surface area contributed by atoms with E-state index in [4.69, 9.17) is 4.74 Å². The van der Waals surface area contributed by atoms with Gasteiger partial charge < -0.3 is 14.8 Å². The van der Waals surface area contributed by atoms with Crippen molar-refractivity contribution < 1.29 is 23.9 Å². The van der Waals surface area contributed by atoms with E-state index in [-0.39, 0.29) is 11.3 Å². The molecule has 0 spiro atoms. The molecule has 11 heteroatoms. The van der Waals surface area contributed by atoms with Crippen LogP contribution >= 0.6 is 11.3 Å². The van der Waals surface area contributed by atoms with Crippen LogP contribution in [-0.2, 0) is 25.5 Å². The molecule has 10 nitrogen and oxygen atoms in total. The zero-order chi connectivity index (χ0) is 21.0. The van der Waals surface area contributed by atoms with Gasteiger partial charge in [-0.25, -0.2) is 14.3 Å². The van der Waals surface area contributed by atoms with E-state index in [1.54, 1.807) is 16.0 Å². The maximum atomic E-state index is 12.1. The Morgan fingerprint density at radius 2 is 2.07 bits per heavy atom. The van der Waals surface area contributed by atoms with Crippen LogP contribution in [0.4, 0.5) is 5.69 Å². The van der Waals surface area contributed by atoms with E-state index in [0.717, 1.165) is 28.3 Å². The SMILES string of the molecule is COC(=O)c1sccc1NC(=O)COC(=O)CCc1c(C)nc2ncnn2c1C. The van der Waals surface area contributed by atoms with E-state index in [1.807, 2.05) is 13.8 Å². The number of nitrogens with zero attached hydrogens (tertiary/aromatic N) is 4. The van der Waals surface area contributed by atoms with Gasteiger partial charge in [-0.2, -0.15) is 10.1 Å². The number of aryl methyl sites for hydroxylation is 2. The molecule has 0 fully saturated rings. The van der Waals surface area contributed by atoms with Crippen molar-refractivity contribution >= 4 is 40.6 Å². The monoisotopic (exact) mass is 417 g/mol. The first-order valence-electron chi connectivity index (χ1n) is 8.67. The smallest absolute Gasteiger partial charge is 0.350 e. The van der Waals surface area contributed by atoms with Crippen LogP contribution in [0.3, 0.4) is 0 Å². The predicted octanol–water partition coefficient (Wildman–Crippen LogP) is 1.70. The van der Waals surface area contributed by atoms with Crippen molar-refractivity contribution in [1.29, 1.82) is 0 Å². The van der Waals surface area contributed by atoms with Gasteiger partial charge in [0.2, 0.25) is 0 Å². The summed E-state index contributed by atoms with van der Waals surface area (Å²) in [5.41, 5.74) is 2.82. The molecule has 0 aliphatic rings. The zero-order valence-electron chi connectivity index (χ0n) is 16.1. The molecule has 0 aliphatic carbocycles. The minimum Gasteiger partial charge on any atom is -0.465 e. The fraction of sp³-hybridized carbons (Fsp3) is 0.333. The quantitative estimate of drug-likeness (QED) is 0.576.